The molecule has 1 amide bonds. The monoisotopic (exact) mass is 311 g/mol. The van der Waals surface area contributed by atoms with Gasteiger partial charge in [-0.05, 0) is 25.0 Å². The molecule has 0 atom stereocenters. The normalized spacial score (nSPS) is 18.2. The van der Waals surface area contributed by atoms with Crippen molar-refractivity contribution in [2.45, 2.75) is 25.8 Å². The Balaban J connectivity index is 1.46. The average molecular weight is 311 g/mol. The van der Waals surface area contributed by atoms with E-state index in [9.17, 15) is 4.79 Å². The maximum atomic E-state index is 12.3. The lowest BCUT2D eigenvalue weighted by Gasteiger charge is -2.27. The van der Waals surface area contributed by atoms with Crippen LogP contribution in [0, 0.1) is 0 Å². The molecule has 23 heavy (non-hydrogen) atoms. The Morgan fingerprint density at radius 2 is 1.87 bits per heavy atom. The van der Waals surface area contributed by atoms with Gasteiger partial charge in [0.25, 0.3) is 0 Å². The van der Waals surface area contributed by atoms with Crippen LogP contribution in [-0.2, 0) is 17.8 Å². The fourth-order valence-electron chi connectivity index (χ4n) is 3.43. The molecule has 1 saturated heterocycles. The Morgan fingerprint density at radius 1 is 1.09 bits per heavy atom. The SMILES string of the molecule is O=C(CN1CCc2c(nnn2-c2ccccc2)C1)N1CCCC1. The molecule has 6 nitrogen and oxygen atoms in total. The molecule has 6 heteroatoms. The third kappa shape index (κ3) is 2.86. The zero-order valence-electron chi connectivity index (χ0n) is 13.2. The van der Waals surface area contributed by atoms with E-state index in [1.165, 1.54) is 5.69 Å². The molecule has 120 valence electrons. The first-order valence-corrected chi connectivity index (χ1v) is 8.30. The molecule has 4 rings (SSSR count). The number of carbonyl (C=O) groups excluding carboxylic acids is 1. The van der Waals surface area contributed by atoms with E-state index in [-0.39, 0.29) is 5.91 Å². The molecule has 0 unspecified atom stereocenters. The molecular formula is C17H21N5O. The zero-order chi connectivity index (χ0) is 15.6. The summed E-state index contributed by atoms with van der Waals surface area (Å²) in [5.41, 5.74) is 3.21. The summed E-state index contributed by atoms with van der Waals surface area (Å²) in [5.74, 6) is 0.251. The third-order valence-electron chi connectivity index (χ3n) is 4.70. The second-order valence-electron chi connectivity index (χ2n) is 6.28. The Hall–Kier alpha value is -2.21. The minimum absolute atomic E-state index is 0.251. The first kappa shape index (κ1) is 14.4. The molecule has 0 aliphatic carbocycles. The summed E-state index contributed by atoms with van der Waals surface area (Å²) in [7, 11) is 0. The van der Waals surface area contributed by atoms with Gasteiger partial charge in [0.05, 0.1) is 17.9 Å². The minimum Gasteiger partial charge on any atom is -0.342 e. The van der Waals surface area contributed by atoms with Gasteiger partial charge in [0.2, 0.25) is 5.91 Å². The highest BCUT2D eigenvalue weighted by atomic mass is 16.2. The van der Waals surface area contributed by atoms with Crippen LogP contribution in [0.2, 0.25) is 0 Å². The standard InChI is InChI=1S/C17H21N5O/c23-17(21-9-4-5-10-21)13-20-11-8-16-15(12-20)18-19-22(16)14-6-2-1-3-7-14/h1-3,6-7H,4-5,8-13H2. The van der Waals surface area contributed by atoms with Crippen LogP contribution in [-0.4, -0.2) is 56.9 Å². The molecule has 3 heterocycles. The van der Waals surface area contributed by atoms with Crippen molar-refractivity contribution >= 4 is 5.91 Å². The molecule has 0 spiro atoms. The van der Waals surface area contributed by atoms with Crippen molar-refractivity contribution in [3.8, 4) is 5.69 Å². The van der Waals surface area contributed by atoms with E-state index < -0.39 is 0 Å². The number of aromatic nitrogens is 3. The van der Waals surface area contributed by atoms with Crippen LogP contribution in [0.4, 0.5) is 0 Å². The van der Waals surface area contributed by atoms with Crippen molar-refractivity contribution < 1.29 is 4.79 Å². The van der Waals surface area contributed by atoms with Gasteiger partial charge in [0, 0.05) is 32.6 Å². The topological polar surface area (TPSA) is 54.3 Å². The number of benzene rings is 1. The fraction of sp³-hybridized carbons (Fsp3) is 0.471. The molecule has 1 aromatic carbocycles. The van der Waals surface area contributed by atoms with Crippen LogP contribution in [0.5, 0.6) is 0 Å². The molecular weight excluding hydrogens is 290 g/mol. The molecule has 2 aliphatic rings. The number of amides is 1. The second-order valence-corrected chi connectivity index (χ2v) is 6.28. The number of hydrogen-bond donors (Lipinski definition) is 0. The number of para-hydroxylation sites is 1. The van der Waals surface area contributed by atoms with E-state index >= 15 is 0 Å². The highest BCUT2D eigenvalue weighted by Crippen LogP contribution is 2.20. The van der Waals surface area contributed by atoms with Crippen LogP contribution in [0.15, 0.2) is 30.3 Å². The lowest BCUT2D eigenvalue weighted by molar-refractivity contribution is -0.131. The predicted molar refractivity (Wildman–Crippen MR) is 86.2 cm³/mol. The van der Waals surface area contributed by atoms with E-state index in [1.807, 2.05) is 39.9 Å². The zero-order valence-corrected chi connectivity index (χ0v) is 13.2. The number of hydrogen-bond acceptors (Lipinski definition) is 4. The van der Waals surface area contributed by atoms with Gasteiger partial charge in [-0.15, -0.1) is 5.10 Å². The van der Waals surface area contributed by atoms with Crippen LogP contribution < -0.4 is 0 Å². The molecule has 0 radical (unpaired) electrons. The van der Waals surface area contributed by atoms with Gasteiger partial charge < -0.3 is 4.90 Å². The summed E-state index contributed by atoms with van der Waals surface area (Å²) in [6.07, 6.45) is 3.16. The summed E-state index contributed by atoms with van der Waals surface area (Å²) in [6.45, 7) is 3.93. The highest BCUT2D eigenvalue weighted by Gasteiger charge is 2.26. The van der Waals surface area contributed by atoms with Crippen molar-refractivity contribution in [1.82, 2.24) is 24.8 Å². The van der Waals surface area contributed by atoms with E-state index in [4.69, 9.17) is 0 Å². The van der Waals surface area contributed by atoms with Gasteiger partial charge in [-0.2, -0.15) is 0 Å². The number of fused-ring (bicyclic) bond motifs is 1. The molecule has 0 N–H and O–H groups in total. The van der Waals surface area contributed by atoms with Crippen molar-refractivity contribution in [2.75, 3.05) is 26.2 Å². The molecule has 2 aromatic rings. The lowest BCUT2D eigenvalue weighted by atomic mass is 10.1. The predicted octanol–water partition coefficient (Wildman–Crippen LogP) is 1.25. The van der Waals surface area contributed by atoms with Crippen molar-refractivity contribution in [3.63, 3.8) is 0 Å². The van der Waals surface area contributed by atoms with Gasteiger partial charge in [0.1, 0.15) is 5.69 Å². The number of likely N-dealkylation sites (tertiary alicyclic amines) is 1. The quantitative estimate of drug-likeness (QED) is 0.856. The van der Waals surface area contributed by atoms with Gasteiger partial charge in [-0.25, -0.2) is 4.68 Å². The molecule has 1 aromatic heterocycles. The Kier molecular flexibility index (Phi) is 3.83. The van der Waals surface area contributed by atoms with Crippen LogP contribution in [0.3, 0.4) is 0 Å². The van der Waals surface area contributed by atoms with Crippen molar-refractivity contribution in [3.05, 3.63) is 41.7 Å². The molecule has 0 saturated carbocycles. The summed E-state index contributed by atoms with van der Waals surface area (Å²) < 4.78 is 1.93. The van der Waals surface area contributed by atoms with E-state index in [0.717, 1.165) is 50.3 Å². The van der Waals surface area contributed by atoms with Gasteiger partial charge in [0.15, 0.2) is 0 Å². The summed E-state index contributed by atoms with van der Waals surface area (Å²) in [6, 6.07) is 10.1. The maximum absolute atomic E-state index is 12.3. The molecule has 1 fully saturated rings. The van der Waals surface area contributed by atoms with E-state index in [2.05, 4.69) is 15.2 Å². The van der Waals surface area contributed by atoms with Crippen molar-refractivity contribution in [1.29, 1.82) is 0 Å². The summed E-state index contributed by atoms with van der Waals surface area (Å²) in [4.78, 5) is 16.5. The second kappa shape index (κ2) is 6.12. The van der Waals surface area contributed by atoms with Crippen molar-refractivity contribution in [2.24, 2.45) is 0 Å². The highest BCUT2D eigenvalue weighted by molar-refractivity contribution is 5.78. The molecule has 0 bridgehead atoms. The lowest BCUT2D eigenvalue weighted by Crippen LogP contribution is -2.41. The average Bonchev–Trinajstić information content (AvgIpc) is 3.25. The van der Waals surface area contributed by atoms with Gasteiger partial charge >= 0.3 is 0 Å². The van der Waals surface area contributed by atoms with Crippen LogP contribution >= 0.6 is 0 Å². The van der Waals surface area contributed by atoms with Gasteiger partial charge in [-0.3, -0.25) is 9.69 Å². The third-order valence-corrected chi connectivity index (χ3v) is 4.70. The Morgan fingerprint density at radius 3 is 2.65 bits per heavy atom. The van der Waals surface area contributed by atoms with E-state index in [1.54, 1.807) is 0 Å². The number of carbonyl (C=O) groups is 1. The van der Waals surface area contributed by atoms with E-state index in [0.29, 0.717) is 13.1 Å². The minimum atomic E-state index is 0.251. The summed E-state index contributed by atoms with van der Waals surface area (Å²) in [5, 5.41) is 8.64. The number of nitrogens with zero attached hydrogens (tertiary/aromatic N) is 5. The first-order valence-electron chi connectivity index (χ1n) is 8.30. The van der Waals surface area contributed by atoms with Gasteiger partial charge in [-0.1, -0.05) is 23.4 Å². The largest absolute Gasteiger partial charge is 0.342 e. The number of rotatable bonds is 3. The van der Waals surface area contributed by atoms with Crippen LogP contribution in [0.25, 0.3) is 5.69 Å². The Bertz CT molecular complexity index is 690. The smallest absolute Gasteiger partial charge is 0.236 e. The molecule has 2 aliphatic heterocycles. The Labute approximate surface area is 135 Å². The first-order chi connectivity index (χ1) is 11.3. The fourth-order valence-corrected chi connectivity index (χ4v) is 3.43. The summed E-state index contributed by atoms with van der Waals surface area (Å²) >= 11 is 0. The van der Waals surface area contributed by atoms with Crippen LogP contribution in [0.1, 0.15) is 24.2 Å². The maximum Gasteiger partial charge on any atom is 0.236 e.